The molecule has 6 nitrogen and oxygen atoms in total. The van der Waals surface area contributed by atoms with Crippen LogP contribution in [0.3, 0.4) is 0 Å². The van der Waals surface area contributed by atoms with Gasteiger partial charge < -0.3 is 19.3 Å². The first kappa shape index (κ1) is 18.1. The van der Waals surface area contributed by atoms with Crippen molar-refractivity contribution in [3.63, 3.8) is 0 Å². The third-order valence-electron chi connectivity index (χ3n) is 6.91. The largest absolute Gasteiger partial charge is 0.506 e. The molecule has 6 rings (SSSR count). The number of likely N-dealkylation sites (tertiary alicyclic amines) is 1. The van der Waals surface area contributed by atoms with Crippen molar-refractivity contribution in [3.8, 4) is 17.0 Å². The first-order chi connectivity index (χ1) is 14.6. The molecule has 0 bridgehead atoms. The van der Waals surface area contributed by atoms with E-state index in [9.17, 15) is 9.50 Å². The number of aromatic hydroxyl groups is 1. The molecule has 0 amide bonds. The number of nitrogens with zero attached hydrogens (tertiary/aromatic N) is 4. The highest BCUT2D eigenvalue weighted by atomic mass is 19.1. The van der Waals surface area contributed by atoms with Crippen LogP contribution >= 0.6 is 0 Å². The number of phenolic OH excluding ortho intramolecular Hbond substituents is 1. The van der Waals surface area contributed by atoms with Crippen molar-refractivity contribution in [3.05, 3.63) is 35.3 Å². The molecule has 3 aliphatic rings. The second kappa shape index (κ2) is 6.67. The number of hydrogen-bond donors (Lipinski definition) is 1. The lowest BCUT2D eigenvalue weighted by molar-refractivity contribution is 0.245. The topological polar surface area (TPSA) is 65.6 Å². The number of furan rings is 1. The average molecular weight is 408 g/mol. The molecule has 7 heteroatoms. The first-order valence-electron chi connectivity index (χ1n) is 10.9. The molecule has 0 unspecified atom stereocenters. The Morgan fingerprint density at radius 1 is 1.20 bits per heavy atom. The number of fused-ring (bicyclic) bond motifs is 2. The normalized spacial score (nSPS) is 22.1. The number of rotatable bonds is 3. The molecule has 1 atom stereocenters. The van der Waals surface area contributed by atoms with Crippen molar-refractivity contribution in [2.45, 2.75) is 44.1 Å². The smallest absolute Gasteiger partial charge is 0.173 e. The Balaban J connectivity index is 1.48. The summed E-state index contributed by atoms with van der Waals surface area (Å²) in [5, 5.41) is 20.4. The van der Waals surface area contributed by atoms with Crippen molar-refractivity contribution in [1.29, 1.82) is 0 Å². The van der Waals surface area contributed by atoms with E-state index in [0.717, 1.165) is 50.3 Å². The molecule has 3 aromatic rings. The molecule has 2 aromatic heterocycles. The van der Waals surface area contributed by atoms with Crippen LogP contribution in [0.2, 0.25) is 0 Å². The van der Waals surface area contributed by atoms with Crippen LogP contribution in [0.25, 0.3) is 22.2 Å². The number of anilines is 1. The van der Waals surface area contributed by atoms with Gasteiger partial charge in [-0.3, -0.25) is 0 Å². The Hall–Kier alpha value is -2.67. The summed E-state index contributed by atoms with van der Waals surface area (Å²) >= 11 is 0. The number of phenols is 1. The summed E-state index contributed by atoms with van der Waals surface area (Å²) in [6.07, 6.45) is 6.91. The summed E-state index contributed by atoms with van der Waals surface area (Å²) in [5.74, 6) is 0.935. The van der Waals surface area contributed by atoms with Gasteiger partial charge in [0.05, 0.1) is 11.6 Å². The van der Waals surface area contributed by atoms with Gasteiger partial charge in [-0.05, 0) is 69.3 Å². The van der Waals surface area contributed by atoms with Crippen LogP contribution in [0.4, 0.5) is 10.2 Å². The summed E-state index contributed by atoms with van der Waals surface area (Å²) in [6.45, 7) is 3.15. The first-order valence-corrected chi connectivity index (χ1v) is 10.9. The Kier molecular flexibility index (Phi) is 4.03. The molecule has 30 heavy (non-hydrogen) atoms. The highest BCUT2D eigenvalue weighted by Gasteiger charge is 2.38. The van der Waals surface area contributed by atoms with Gasteiger partial charge in [0.2, 0.25) is 0 Å². The van der Waals surface area contributed by atoms with E-state index >= 15 is 0 Å². The third-order valence-corrected chi connectivity index (χ3v) is 6.91. The standard InChI is InChI=1S/C23H25FN4O2/c1-27-8-2-3-14(12-27)28-9-6-15-19(13-4-5-13)20(25-26-23(15)28)17-11-18(24)22-16(21(17)29)7-10-30-22/h7,10-11,13-14,29H,2-6,8-9,12H2,1H3/t14-/m1/s1. The highest BCUT2D eigenvalue weighted by Crippen LogP contribution is 2.50. The lowest BCUT2D eigenvalue weighted by Gasteiger charge is -2.36. The third kappa shape index (κ3) is 2.71. The van der Waals surface area contributed by atoms with Crippen molar-refractivity contribution in [2.75, 3.05) is 31.6 Å². The molecule has 4 heterocycles. The second-order valence-electron chi connectivity index (χ2n) is 8.96. The van der Waals surface area contributed by atoms with Gasteiger partial charge in [-0.1, -0.05) is 0 Å². The van der Waals surface area contributed by atoms with Crippen LogP contribution in [0.5, 0.6) is 5.75 Å². The van der Waals surface area contributed by atoms with Crippen LogP contribution < -0.4 is 4.90 Å². The zero-order valence-corrected chi connectivity index (χ0v) is 17.1. The number of piperidine rings is 1. The maximum atomic E-state index is 14.6. The Labute approximate surface area is 174 Å². The van der Waals surface area contributed by atoms with Crippen molar-refractivity contribution in [2.24, 2.45) is 0 Å². The predicted molar refractivity (Wildman–Crippen MR) is 112 cm³/mol. The van der Waals surface area contributed by atoms with Crippen LogP contribution in [-0.4, -0.2) is 52.9 Å². The van der Waals surface area contributed by atoms with Gasteiger partial charge in [-0.15, -0.1) is 10.2 Å². The van der Waals surface area contributed by atoms with E-state index in [2.05, 4.69) is 27.0 Å². The molecule has 156 valence electrons. The summed E-state index contributed by atoms with van der Waals surface area (Å²) in [4.78, 5) is 4.81. The van der Waals surface area contributed by atoms with Crippen LogP contribution in [0.1, 0.15) is 42.7 Å². The van der Waals surface area contributed by atoms with Crippen molar-refractivity contribution >= 4 is 16.8 Å². The van der Waals surface area contributed by atoms with Gasteiger partial charge in [0.25, 0.3) is 0 Å². The summed E-state index contributed by atoms with van der Waals surface area (Å²) in [6, 6.07) is 3.40. The lowest BCUT2D eigenvalue weighted by Crippen LogP contribution is -2.46. The molecule has 1 N–H and O–H groups in total. The number of benzene rings is 1. The molecule has 0 radical (unpaired) electrons. The fraction of sp³-hybridized carbons (Fsp3) is 0.478. The van der Waals surface area contributed by atoms with Crippen LogP contribution in [0, 0.1) is 5.82 Å². The predicted octanol–water partition coefficient (Wildman–Crippen LogP) is 4.07. The molecular formula is C23H25FN4O2. The SMILES string of the molecule is CN1CCC[C@@H](N2CCc3c2nnc(-c2cc(F)c4occc4c2O)c3C2CC2)C1. The van der Waals surface area contributed by atoms with Crippen LogP contribution in [0.15, 0.2) is 22.8 Å². The maximum Gasteiger partial charge on any atom is 0.173 e. The molecule has 2 aliphatic heterocycles. The molecule has 0 spiro atoms. The number of halogens is 1. The fourth-order valence-corrected chi connectivity index (χ4v) is 5.32. The second-order valence-corrected chi connectivity index (χ2v) is 8.96. The minimum atomic E-state index is -0.487. The van der Waals surface area contributed by atoms with E-state index in [1.807, 2.05) is 0 Å². The van der Waals surface area contributed by atoms with Gasteiger partial charge >= 0.3 is 0 Å². The van der Waals surface area contributed by atoms with E-state index in [1.165, 1.54) is 30.7 Å². The van der Waals surface area contributed by atoms with Crippen LogP contribution in [-0.2, 0) is 6.42 Å². The molecule has 1 saturated heterocycles. The minimum Gasteiger partial charge on any atom is -0.506 e. The Bertz CT molecular complexity index is 1140. The van der Waals surface area contributed by atoms with Gasteiger partial charge in [0.15, 0.2) is 17.2 Å². The van der Waals surface area contributed by atoms with E-state index in [4.69, 9.17) is 4.42 Å². The fourth-order valence-electron chi connectivity index (χ4n) is 5.32. The summed E-state index contributed by atoms with van der Waals surface area (Å²) in [5.41, 5.74) is 3.51. The number of aromatic nitrogens is 2. The maximum absolute atomic E-state index is 14.6. The molecule has 1 aromatic carbocycles. The van der Waals surface area contributed by atoms with Gasteiger partial charge in [0, 0.05) is 30.3 Å². The summed E-state index contributed by atoms with van der Waals surface area (Å²) < 4.78 is 19.8. The number of likely N-dealkylation sites (N-methyl/N-ethyl adjacent to an activating group) is 1. The van der Waals surface area contributed by atoms with E-state index < -0.39 is 5.82 Å². The zero-order chi connectivity index (χ0) is 20.4. The zero-order valence-electron chi connectivity index (χ0n) is 17.1. The van der Waals surface area contributed by atoms with E-state index in [1.54, 1.807) is 6.07 Å². The molecule has 2 fully saturated rings. The lowest BCUT2D eigenvalue weighted by atomic mass is 9.96. The van der Waals surface area contributed by atoms with E-state index in [-0.39, 0.29) is 11.3 Å². The average Bonchev–Trinajstić information content (AvgIpc) is 3.28. The van der Waals surface area contributed by atoms with E-state index in [0.29, 0.717) is 28.6 Å². The van der Waals surface area contributed by atoms with Crippen molar-refractivity contribution < 1.29 is 13.9 Å². The van der Waals surface area contributed by atoms with Gasteiger partial charge in [-0.2, -0.15) is 0 Å². The molecule has 1 aliphatic carbocycles. The number of hydrogen-bond acceptors (Lipinski definition) is 6. The molecular weight excluding hydrogens is 383 g/mol. The monoisotopic (exact) mass is 408 g/mol. The van der Waals surface area contributed by atoms with Gasteiger partial charge in [0.1, 0.15) is 11.4 Å². The quantitative estimate of drug-likeness (QED) is 0.705. The van der Waals surface area contributed by atoms with Gasteiger partial charge in [-0.25, -0.2) is 4.39 Å². The minimum absolute atomic E-state index is 0.0139. The highest BCUT2D eigenvalue weighted by molar-refractivity contribution is 5.92. The Morgan fingerprint density at radius 2 is 2.07 bits per heavy atom. The summed E-state index contributed by atoms with van der Waals surface area (Å²) in [7, 11) is 2.18. The molecule has 1 saturated carbocycles. The Morgan fingerprint density at radius 3 is 2.87 bits per heavy atom. The van der Waals surface area contributed by atoms with Crippen molar-refractivity contribution in [1.82, 2.24) is 15.1 Å².